The van der Waals surface area contributed by atoms with E-state index in [9.17, 15) is 0 Å². The Labute approximate surface area is 175 Å². The maximum absolute atomic E-state index is 6.45. The highest BCUT2D eigenvalue weighted by Crippen LogP contribution is 2.44. The predicted molar refractivity (Wildman–Crippen MR) is 119 cm³/mol. The van der Waals surface area contributed by atoms with Gasteiger partial charge in [-0.25, -0.2) is 0 Å². The first-order valence-corrected chi connectivity index (χ1v) is 10.8. The molecule has 0 saturated carbocycles. The van der Waals surface area contributed by atoms with Gasteiger partial charge in [0.1, 0.15) is 23.6 Å². The standard InChI is InChI=1S/C25H35NO3/c1-6-8-15-27-23-21-16-20(26-7-2)13-14-22(21)29-25(4,5)24(23)28-17-19-11-9-18(3)10-12-19/h9-14,16,23-24,26H,6-8,15,17H2,1-5H3. The van der Waals surface area contributed by atoms with Crippen LogP contribution in [0.25, 0.3) is 0 Å². The molecule has 29 heavy (non-hydrogen) atoms. The van der Waals surface area contributed by atoms with Crippen LogP contribution in [0.5, 0.6) is 5.75 Å². The van der Waals surface area contributed by atoms with Crippen molar-refractivity contribution in [3.05, 3.63) is 59.2 Å². The van der Waals surface area contributed by atoms with Gasteiger partial charge in [-0.1, -0.05) is 43.2 Å². The van der Waals surface area contributed by atoms with Crippen LogP contribution in [0.1, 0.15) is 63.3 Å². The molecule has 4 nitrogen and oxygen atoms in total. The zero-order valence-electron chi connectivity index (χ0n) is 18.5. The van der Waals surface area contributed by atoms with Crippen molar-refractivity contribution in [3.63, 3.8) is 0 Å². The van der Waals surface area contributed by atoms with Crippen molar-refractivity contribution in [1.29, 1.82) is 0 Å². The molecule has 2 aromatic rings. The highest BCUT2D eigenvalue weighted by molar-refractivity contribution is 5.53. The molecular formula is C25H35NO3. The van der Waals surface area contributed by atoms with Gasteiger partial charge < -0.3 is 19.5 Å². The van der Waals surface area contributed by atoms with E-state index in [1.807, 2.05) is 6.07 Å². The molecule has 0 saturated heterocycles. The SMILES string of the molecule is CCCCOC1c2cc(NCC)ccc2OC(C)(C)C1OCc1ccc(C)cc1. The Morgan fingerprint density at radius 2 is 1.79 bits per heavy atom. The topological polar surface area (TPSA) is 39.7 Å². The van der Waals surface area contributed by atoms with Crippen LogP contribution in [0.2, 0.25) is 0 Å². The summed E-state index contributed by atoms with van der Waals surface area (Å²) in [6.07, 6.45) is 1.77. The van der Waals surface area contributed by atoms with Crippen LogP contribution >= 0.6 is 0 Å². The van der Waals surface area contributed by atoms with E-state index in [4.69, 9.17) is 14.2 Å². The average Bonchev–Trinajstić information content (AvgIpc) is 2.69. The van der Waals surface area contributed by atoms with Crippen molar-refractivity contribution in [2.75, 3.05) is 18.5 Å². The largest absolute Gasteiger partial charge is 0.485 e. The van der Waals surface area contributed by atoms with Crippen LogP contribution in [-0.2, 0) is 16.1 Å². The Morgan fingerprint density at radius 1 is 1.03 bits per heavy atom. The fraction of sp³-hybridized carbons (Fsp3) is 0.520. The van der Waals surface area contributed by atoms with Crippen LogP contribution in [-0.4, -0.2) is 24.9 Å². The van der Waals surface area contributed by atoms with Gasteiger partial charge in [0.25, 0.3) is 0 Å². The number of unbranched alkanes of at least 4 members (excludes halogenated alkanes) is 1. The third-order valence-corrected chi connectivity index (χ3v) is 5.38. The number of hydrogen-bond acceptors (Lipinski definition) is 4. The third-order valence-electron chi connectivity index (χ3n) is 5.38. The normalized spacial score (nSPS) is 20.0. The molecule has 1 heterocycles. The zero-order chi connectivity index (χ0) is 20.9. The molecule has 0 aromatic heterocycles. The fourth-order valence-electron chi connectivity index (χ4n) is 3.74. The Morgan fingerprint density at radius 3 is 2.48 bits per heavy atom. The van der Waals surface area contributed by atoms with E-state index in [1.165, 1.54) is 5.56 Å². The van der Waals surface area contributed by atoms with Crippen LogP contribution in [0.3, 0.4) is 0 Å². The van der Waals surface area contributed by atoms with E-state index < -0.39 is 5.60 Å². The van der Waals surface area contributed by atoms with E-state index in [-0.39, 0.29) is 12.2 Å². The lowest BCUT2D eigenvalue weighted by atomic mass is 9.87. The molecule has 2 unspecified atom stereocenters. The lowest BCUT2D eigenvalue weighted by Gasteiger charge is -2.44. The lowest BCUT2D eigenvalue weighted by Crippen LogP contribution is -2.51. The minimum Gasteiger partial charge on any atom is -0.485 e. The molecule has 0 aliphatic carbocycles. The van der Waals surface area contributed by atoms with Gasteiger partial charge in [-0.2, -0.15) is 0 Å². The van der Waals surface area contributed by atoms with E-state index in [0.717, 1.165) is 42.0 Å². The number of aryl methyl sites for hydroxylation is 1. The molecule has 158 valence electrons. The van der Waals surface area contributed by atoms with Crippen molar-refractivity contribution < 1.29 is 14.2 Å². The number of anilines is 1. The summed E-state index contributed by atoms with van der Waals surface area (Å²) in [5, 5.41) is 3.39. The van der Waals surface area contributed by atoms with Crippen molar-refractivity contribution in [2.45, 2.75) is 71.9 Å². The molecule has 0 bridgehead atoms. The number of fused-ring (bicyclic) bond motifs is 1. The van der Waals surface area contributed by atoms with Crippen LogP contribution in [0.15, 0.2) is 42.5 Å². The third kappa shape index (κ3) is 5.31. The molecule has 4 heteroatoms. The molecule has 3 rings (SSSR count). The summed E-state index contributed by atoms with van der Waals surface area (Å²) in [4.78, 5) is 0. The monoisotopic (exact) mass is 397 g/mol. The summed E-state index contributed by atoms with van der Waals surface area (Å²) in [5.74, 6) is 0.883. The summed E-state index contributed by atoms with van der Waals surface area (Å²) in [6, 6.07) is 14.7. The first-order chi connectivity index (χ1) is 13.9. The van der Waals surface area contributed by atoms with E-state index >= 15 is 0 Å². The van der Waals surface area contributed by atoms with Gasteiger partial charge >= 0.3 is 0 Å². The van der Waals surface area contributed by atoms with Gasteiger partial charge in [-0.05, 0) is 57.9 Å². The van der Waals surface area contributed by atoms with Crippen LogP contribution in [0, 0.1) is 6.92 Å². The van der Waals surface area contributed by atoms with Crippen LogP contribution < -0.4 is 10.1 Å². The average molecular weight is 398 g/mol. The van der Waals surface area contributed by atoms with Crippen molar-refractivity contribution >= 4 is 5.69 Å². The summed E-state index contributed by atoms with van der Waals surface area (Å²) >= 11 is 0. The van der Waals surface area contributed by atoms with Gasteiger partial charge in [0, 0.05) is 24.4 Å². The first kappa shape index (κ1) is 21.7. The molecule has 0 radical (unpaired) electrons. The van der Waals surface area contributed by atoms with Gasteiger partial charge in [-0.15, -0.1) is 0 Å². The number of hydrogen-bond donors (Lipinski definition) is 1. The molecule has 2 aromatic carbocycles. The molecule has 0 fully saturated rings. The second kappa shape index (κ2) is 9.64. The minimum absolute atomic E-state index is 0.163. The molecule has 1 N–H and O–H groups in total. The minimum atomic E-state index is -0.492. The highest BCUT2D eigenvalue weighted by atomic mass is 16.6. The maximum Gasteiger partial charge on any atom is 0.132 e. The van der Waals surface area contributed by atoms with E-state index in [2.05, 4.69) is 76.3 Å². The van der Waals surface area contributed by atoms with Crippen molar-refractivity contribution in [1.82, 2.24) is 0 Å². The van der Waals surface area contributed by atoms with Gasteiger partial charge in [-0.3, -0.25) is 0 Å². The fourth-order valence-corrected chi connectivity index (χ4v) is 3.74. The second-order valence-electron chi connectivity index (χ2n) is 8.35. The van der Waals surface area contributed by atoms with Crippen molar-refractivity contribution in [3.8, 4) is 5.75 Å². The summed E-state index contributed by atoms with van der Waals surface area (Å²) < 4.78 is 19.2. The molecule has 1 aliphatic rings. The first-order valence-electron chi connectivity index (χ1n) is 10.8. The molecular weight excluding hydrogens is 362 g/mol. The Hall–Kier alpha value is -2.04. The number of rotatable bonds is 9. The van der Waals surface area contributed by atoms with E-state index in [1.54, 1.807) is 0 Å². The highest BCUT2D eigenvalue weighted by Gasteiger charge is 2.45. The summed E-state index contributed by atoms with van der Waals surface area (Å²) in [7, 11) is 0. The number of nitrogens with one attached hydrogen (secondary N) is 1. The smallest absolute Gasteiger partial charge is 0.132 e. The Bertz CT molecular complexity index is 785. The number of benzene rings is 2. The molecule has 2 atom stereocenters. The quantitative estimate of drug-likeness (QED) is 0.524. The number of ether oxygens (including phenoxy) is 3. The summed E-state index contributed by atoms with van der Waals surface area (Å²) in [6.45, 7) is 12.7. The molecule has 0 spiro atoms. The Kier molecular flexibility index (Phi) is 7.20. The predicted octanol–water partition coefficient (Wildman–Crippen LogP) is 6.04. The molecule has 0 amide bonds. The second-order valence-corrected chi connectivity index (χ2v) is 8.35. The van der Waals surface area contributed by atoms with Gasteiger partial charge in [0.15, 0.2) is 0 Å². The van der Waals surface area contributed by atoms with Gasteiger partial charge in [0.05, 0.1) is 6.61 Å². The summed E-state index contributed by atoms with van der Waals surface area (Å²) in [5.41, 5.74) is 4.06. The molecule has 1 aliphatic heterocycles. The Balaban J connectivity index is 1.88. The lowest BCUT2D eigenvalue weighted by molar-refractivity contribution is -0.167. The van der Waals surface area contributed by atoms with Crippen LogP contribution in [0.4, 0.5) is 5.69 Å². The maximum atomic E-state index is 6.45. The van der Waals surface area contributed by atoms with Gasteiger partial charge in [0.2, 0.25) is 0 Å². The van der Waals surface area contributed by atoms with Crippen molar-refractivity contribution in [2.24, 2.45) is 0 Å². The zero-order valence-corrected chi connectivity index (χ0v) is 18.5. The van der Waals surface area contributed by atoms with E-state index in [0.29, 0.717) is 13.2 Å².